The van der Waals surface area contributed by atoms with E-state index in [0.29, 0.717) is 12.1 Å². The average Bonchev–Trinajstić information content (AvgIpc) is 3.30. The number of nitrogens with two attached hydrogens (primary N) is 1. The second-order valence-electron chi connectivity index (χ2n) is 5.22. The molecule has 3 rings (SSSR count). The lowest BCUT2D eigenvalue weighted by Crippen LogP contribution is -2.33. The number of aromatic nitrogens is 1. The van der Waals surface area contributed by atoms with Crippen molar-refractivity contribution in [3.63, 3.8) is 0 Å². The van der Waals surface area contributed by atoms with Crippen LogP contribution >= 0.6 is 0 Å². The molecular formula is C16H16FN3O. The molecule has 0 saturated heterocycles. The molecule has 4 nitrogen and oxygen atoms in total. The quantitative estimate of drug-likeness (QED) is 0.878. The number of hydrogen-bond donors (Lipinski definition) is 1. The molecule has 2 aromatic rings. The molecule has 0 bridgehead atoms. The first-order valence-corrected chi connectivity index (χ1v) is 6.91. The molecule has 0 radical (unpaired) electrons. The molecule has 0 unspecified atom stereocenters. The van der Waals surface area contributed by atoms with Gasteiger partial charge in [-0.25, -0.2) is 4.39 Å². The van der Waals surface area contributed by atoms with E-state index >= 15 is 0 Å². The molecule has 108 valence electrons. The SMILES string of the molecule is Nc1cc(F)ccc1C(=O)N(Cc1ccccn1)C1CC1. The Kier molecular flexibility index (Phi) is 3.56. The zero-order valence-electron chi connectivity index (χ0n) is 11.5. The lowest BCUT2D eigenvalue weighted by atomic mass is 10.1. The van der Waals surface area contributed by atoms with Crippen molar-refractivity contribution in [1.29, 1.82) is 0 Å². The van der Waals surface area contributed by atoms with Crippen LogP contribution in [0.4, 0.5) is 10.1 Å². The number of nitrogen functional groups attached to an aromatic ring is 1. The van der Waals surface area contributed by atoms with Crippen molar-refractivity contribution in [1.82, 2.24) is 9.88 Å². The molecule has 1 aromatic heterocycles. The molecule has 1 fully saturated rings. The van der Waals surface area contributed by atoms with Crippen molar-refractivity contribution in [2.45, 2.75) is 25.4 Å². The van der Waals surface area contributed by atoms with Crippen molar-refractivity contribution in [3.05, 3.63) is 59.7 Å². The summed E-state index contributed by atoms with van der Waals surface area (Å²) in [7, 11) is 0. The lowest BCUT2D eigenvalue weighted by Gasteiger charge is -2.22. The maximum absolute atomic E-state index is 13.1. The molecule has 2 N–H and O–H groups in total. The van der Waals surface area contributed by atoms with E-state index in [1.165, 1.54) is 18.2 Å². The molecule has 0 spiro atoms. The normalized spacial score (nSPS) is 14.0. The van der Waals surface area contributed by atoms with Gasteiger partial charge in [0.1, 0.15) is 5.82 Å². The first-order valence-electron chi connectivity index (χ1n) is 6.91. The van der Waals surface area contributed by atoms with Gasteiger partial charge in [0.15, 0.2) is 0 Å². The van der Waals surface area contributed by atoms with Gasteiger partial charge in [-0.1, -0.05) is 6.07 Å². The number of amides is 1. The highest BCUT2D eigenvalue weighted by atomic mass is 19.1. The highest BCUT2D eigenvalue weighted by molar-refractivity contribution is 5.99. The van der Waals surface area contributed by atoms with E-state index in [9.17, 15) is 9.18 Å². The van der Waals surface area contributed by atoms with Gasteiger partial charge >= 0.3 is 0 Å². The van der Waals surface area contributed by atoms with Gasteiger partial charge in [-0.05, 0) is 43.2 Å². The van der Waals surface area contributed by atoms with Crippen LogP contribution in [0.3, 0.4) is 0 Å². The largest absolute Gasteiger partial charge is 0.398 e. The van der Waals surface area contributed by atoms with E-state index in [1.807, 2.05) is 18.2 Å². The van der Waals surface area contributed by atoms with E-state index < -0.39 is 5.82 Å². The van der Waals surface area contributed by atoms with Crippen LogP contribution in [0.2, 0.25) is 0 Å². The Morgan fingerprint density at radius 3 is 2.76 bits per heavy atom. The minimum absolute atomic E-state index is 0.166. The number of carbonyl (C=O) groups excluding carboxylic acids is 1. The first kappa shape index (κ1) is 13.5. The predicted octanol–water partition coefficient (Wildman–Crippen LogP) is 2.61. The predicted molar refractivity (Wildman–Crippen MR) is 77.9 cm³/mol. The zero-order valence-corrected chi connectivity index (χ0v) is 11.5. The molecule has 5 heteroatoms. The molecule has 21 heavy (non-hydrogen) atoms. The minimum Gasteiger partial charge on any atom is -0.398 e. The summed E-state index contributed by atoms with van der Waals surface area (Å²) in [5.41, 5.74) is 7.12. The van der Waals surface area contributed by atoms with Crippen molar-refractivity contribution in [2.24, 2.45) is 0 Å². The molecule has 1 aliphatic carbocycles. The number of rotatable bonds is 4. The van der Waals surface area contributed by atoms with E-state index in [0.717, 1.165) is 18.5 Å². The third kappa shape index (κ3) is 3.02. The molecule has 0 atom stereocenters. The van der Waals surface area contributed by atoms with Crippen LogP contribution in [-0.4, -0.2) is 21.8 Å². The standard InChI is InChI=1S/C16H16FN3O/c17-11-4-7-14(15(18)9-11)16(21)20(13-5-6-13)10-12-3-1-2-8-19-12/h1-4,7-9,13H,5-6,10,18H2. The number of anilines is 1. The summed E-state index contributed by atoms with van der Waals surface area (Å²) in [4.78, 5) is 18.7. The summed E-state index contributed by atoms with van der Waals surface area (Å²) in [6, 6.07) is 9.73. The summed E-state index contributed by atoms with van der Waals surface area (Å²) in [6.07, 6.45) is 3.68. The lowest BCUT2D eigenvalue weighted by molar-refractivity contribution is 0.0729. The van der Waals surface area contributed by atoms with Gasteiger partial charge in [-0.3, -0.25) is 9.78 Å². The minimum atomic E-state index is -0.438. The number of carbonyl (C=O) groups is 1. The van der Waals surface area contributed by atoms with Gasteiger partial charge in [-0.15, -0.1) is 0 Å². The number of benzene rings is 1. The Morgan fingerprint density at radius 1 is 1.33 bits per heavy atom. The van der Waals surface area contributed by atoms with Crippen molar-refractivity contribution in [2.75, 3.05) is 5.73 Å². The number of hydrogen-bond acceptors (Lipinski definition) is 3. The fourth-order valence-corrected chi connectivity index (χ4v) is 2.30. The molecule has 1 heterocycles. The Morgan fingerprint density at radius 2 is 2.14 bits per heavy atom. The highest BCUT2D eigenvalue weighted by Crippen LogP contribution is 2.30. The summed E-state index contributed by atoms with van der Waals surface area (Å²) in [5, 5.41) is 0. The molecule has 0 aliphatic heterocycles. The molecule has 1 aromatic carbocycles. The molecule has 1 aliphatic rings. The van der Waals surface area contributed by atoms with Gasteiger partial charge in [-0.2, -0.15) is 0 Å². The number of pyridine rings is 1. The van der Waals surface area contributed by atoms with Crippen LogP contribution < -0.4 is 5.73 Å². The van der Waals surface area contributed by atoms with Gasteiger partial charge in [0.2, 0.25) is 0 Å². The van der Waals surface area contributed by atoms with Crippen molar-refractivity contribution < 1.29 is 9.18 Å². The second-order valence-corrected chi connectivity index (χ2v) is 5.22. The fraction of sp³-hybridized carbons (Fsp3) is 0.250. The number of nitrogens with zero attached hydrogens (tertiary/aromatic N) is 2. The Hall–Kier alpha value is -2.43. The first-order chi connectivity index (χ1) is 10.1. The molecule has 1 saturated carbocycles. The van der Waals surface area contributed by atoms with Crippen LogP contribution in [0.1, 0.15) is 28.9 Å². The van der Waals surface area contributed by atoms with Gasteiger partial charge < -0.3 is 10.6 Å². The summed E-state index contributed by atoms with van der Waals surface area (Å²) in [5.74, 6) is -0.604. The van der Waals surface area contributed by atoms with Gasteiger partial charge in [0.05, 0.1) is 17.8 Å². The third-order valence-electron chi connectivity index (χ3n) is 3.55. The smallest absolute Gasteiger partial charge is 0.256 e. The third-order valence-corrected chi connectivity index (χ3v) is 3.55. The van der Waals surface area contributed by atoms with Gasteiger partial charge in [0, 0.05) is 17.9 Å². The summed E-state index contributed by atoms with van der Waals surface area (Å²) in [6.45, 7) is 0.446. The Balaban J connectivity index is 1.85. The Bertz CT molecular complexity index is 656. The summed E-state index contributed by atoms with van der Waals surface area (Å²) < 4.78 is 13.1. The molecule has 1 amide bonds. The fourth-order valence-electron chi connectivity index (χ4n) is 2.30. The van der Waals surface area contributed by atoms with Crippen LogP contribution in [0, 0.1) is 5.82 Å². The van der Waals surface area contributed by atoms with Crippen molar-refractivity contribution >= 4 is 11.6 Å². The molecular weight excluding hydrogens is 269 g/mol. The maximum Gasteiger partial charge on any atom is 0.256 e. The van der Waals surface area contributed by atoms with E-state index in [1.54, 1.807) is 11.1 Å². The van der Waals surface area contributed by atoms with Crippen LogP contribution in [0.25, 0.3) is 0 Å². The monoisotopic (exact) mass is 285 g/mol. The van der Waals surface area contributed by atoms with Gasteiger partial charge in [0.25, 0.3) is 5.91 Å². The van der Waals surface area contributed by atoms with Crippen LogP contribution in [-0.2, 0) is 6.54 Å². The summed E-state index contributed by atoms with van der Waals surface area (Å²) >= 11 is 0. The van der Waals surface area contributed by atoms with Crippen LogP contribution in [0.5, 0.6) is 0 Å². The Labute approximate surface area is 122 Å². The highest BCUT2D eigenvalue weighted by Gasteiger charge is 2.33. The van der Waals surface area contributed by atoms with E-state index in [-0.39, 0.29) is 17.6 Å². The topological polar surface area (TPSA) is 59.2 Å². The van der Waals surface area contributed by atoms with E-state index in [4.69, 9.17) is 5.73 Å². The van der Waals surface area contributed by atoms with Crippen molar-refractivity contribution in [3.8, 4) is 0 Å². The zero-order chi connectivity index (χ0) is 14.8. The maximum atomic E-state index is 13.1. The van der Waals surface area contributed by atoms with E-state index in [2.05, 4.69) is 4.98 Å². The average molecular weight is 285 g/mol. The second kappa shape index (κ2) is 5.52. The number of halogens is 1. The van der Waals surface area contributed by atoms with Crippen LogP contribution in [0.15, 0.2) is 42.6 Å².